The van der Waals surface area contributed by atoms with Crippen LogP contribution in [0.2, 0.25) is 5.02 Å². The molecule has 0 radical (unpaired) electrons. The number of nitrogens with zero attached hydrogens (tertiary/aromatic N) is 3. The van der Waals surface area contributed by atoms with Crippen LogP contribution in [-0.4, -0.2) is 35.1 Å². The predicted molar refractivity (Wildman–Crippen MR) is 125 cm³/mol. The summed E-state index contributed by atoms with van der Waals surface area (Å²) >= 11 is 6.40. The number of halogens is 1. The van der Waals surface area contributed by atoms with Gasteiger partial charge in [-0.1, -0.05) is 29.8 Å². The van der Waals surface area contributed by atoms with Crippen LogP contribution in [0.1, 0.15) is 11.1 Å². The Hall–Kier alpha value is -4.04. The number of amides is 2. The average Bonchev–Trinajstić information content (AvgIpc) is 2.84. The van der Waals surface area contributed by atoms with E-state index >= 15 is 0 Å². The molecular weight excluding hydrogens is 442 g/mol. The van der Waals surface area contributed by atoms with Gasteiger partial charge in [-0.25, -0.2) is 4.98 Å². The van der Waals surface area contributed by atoms with Crippen molar-refractivity contribution in [3.8, 4) is 17.1 Å². The number of hydrogen-bond donors (Lipinski definition) is 2. The van der Waals surface area contributed by atoms with Gasteiger partial charge in [0.25, 0.3) is 5.91 Å². The highest BCUT2D eigenvalue weighted by atomic mass is 35.5. The van der Waals surface area contributed by atoms with Crippen LogP contribution in [0, 0.1) is 0 Å². The first kappa shape index (κ1) is 22.2. The zero-order valence-electron chi connectivity index (χ0n) is 17.6. The van der Waals surface area contributed by atoms with E-state index in [0.29, 0.717) is 33.3 Å². The summed E-state index contributed by atoms with van der Waals surface area (Å²) in [5.41, 5.74) is 10.8. The van der Waals surface area contributed by atoms with E-state index in [1.165, 1.54) is 31.7 Å². The van der Waals surface area contributed by atoms with Crippen LogP contribution in [-0.2, 0) is 20.5 Å². The first-order valence-electron chi connectivity index (χ1n) is 9.91. The molecule has 166 valence electrons. The number of carbonyl (C=O) groups is 2. The van der Waals surface area contributed by atoms with E-state index in [-0.39, 0.29) is 0 Å². The van der Waals surface area contributed by atoms with Crippen LogP contribution in [0.5, 0.6) is 5.88 Å². The molecule has 0 saturated carbocycles. The number of benzene rings is 1. The molecule has 0 bridgehead atoms. The lowest BCUT2D eigenvalue weighted by Gasteiger charge is -2.33. The molecule has 0 aliphatic carbocycles. The summed E-state index contributed by atoms with van der Waals surface area (Å²) < 4.78 is 5.07. The quantitative estimate of drug-likeness (QED) is 0.544. The number of aromatic nitrogens is 2. The number of dihydropyridines is 1. The number of methoxy groups -OCH3 is 1. The Balaban J connectivity index is 1.82. The van der Waals surface area contributed by atoms with Crippen molar-refractivity contribution in [1.29, 1.82) is 0 Å². The van der Waals surface area contributed by atoms with Crippen molar-refractivity contribution in [3.05, 3.63) is 89.2 Å². The average molecular weight is 462 g/mol. The molecule has 8 nitrogen and oxygen atoms in total. The molecule has 4 N–H and O–H groups in total. The van der Waals surface area contributed by atoms with Crippen LogP contribution < -0.4 is 16.2 Å². The third-order valence-corrected chi connectivity index (χ3v) is 5.94. The lowest BCUT2D eigenvalue weighted by molar-refractivity contribution is -0.122. The largest absolute Gasteiger partial charge is 0.481 e. The van der Waals surface area contributed by atoms with E-state index in [9.17, 15) is 9.59 Å². The third-order valence-electron chi connectivity index (χ3n) is 5.61. The van der Waals surface area contributed by atoms with Gasteiger partial charge in [0.1, 0.15) is 5.41 Å². The molecule has 33 heavy (non-hydrogen) atoms. The first-order chi connectivity index (χ1) is 15.8. The second-order valence-electron chi connectivity index (χ2n) is 7.45. The summed E-state index contributed by atoms with van der Waals surface area (Å²) in [7, 11) is 1.48. The van der Waals surface area contributed by atoms with Gasteiger partial charge in [-0.3, -0.25) is 19.6 Å². The normalized spacial score (nSPS) is 21.5. The number of primary amides is 2. The molecule has 1 aliphatic rings. The minimum atomic E-state index is -1.55. The molecule has 2 aromatic heterocycles. The monoisotopic (exact) mass is 461 g/mol. The van der Waals surface area contributed by atoms with Crippen molar-refractivity contribution in [2.24, 2.45) is 16.5 Å². The minimum absolute atomic E-state index is 0.372. The highest BCUT2D eigenvalue weighted by Gasteiger charge is 2.44. The Labute approximate surface area is 195 Å². The second kappa shape index (κ2) is 8.48. The van der Waals surface area contributed by atoms with Crippen LogP contribution in [0.4, 0.5) is 0 Å². The maximum absolute atomic E-state index is 12.7. The molecule has 3 aromatic rings. The molecule has 0 saturated heterocycles. The van der Waals surface area contributed by atoms with Gasteiger partial charge in [0.2, 0.25) is 11.8 Å². The smallest absolute Gasteiger partial charge is 0.254 e. The zero-order chi connectivity index (χ0) is 23.6. The fourth-order valence-electron chi connectivity index (χ4n) is 3.69. The highest BCUT2D eigenvalue weighted by Crippen LogP contribution is 2.38. The number of nitrogens with two attached hydrogens (primary N) is 2. The van der Waals surface area contributed by atoms with Crippen molar-refractivity contribution in [3.63, 3.8) is 0 Å². The van der Waals surface area contributed by atoms with Gasteiger partial charge < -0.3 is 16.2 Å². The Morgan fingerprint density at radius 3 is 2.30 bits per heavy atom. The van der Waals surface area contributed by atoms with Gasteiger partial charge in [0.05, 0.1) is 12.8 Å². The molecule has 4 rings (SSSR count). The summed E-state index contributed by atoms with van der Waals surface area (Å²) in [6.45, 7) is 0. The summed E-state index contributed by atoms with van der Waals surface area (Å²) in [5, 5.41) is 0.463. The van der Waals surface area contributed by atoms with Gasteiger partial charge in [0.15, 0.2) is 5.54 Å². The van der Waals surface area contributed by atoms with Crippen LogP contribution in [0.3, 0.4) is 0 Å². The zero-order valence-corrected chi connectivity index (χ0v) is 18.4. The molecule has 1 aliphatic heterocycles. The number of carbonyl (C=O) groups excluding carboxylic acids is 2. The highest BCUT2D eigenvalue weighted by molar-refractivity contribution is 6.33. The Morgan fingerprint density at radius 2 is 1.76 bits per heavy atom. The molecule has 9 heteroatoms. The van der Waals surface area contributed by atoms with Gasteiger partial charge >= 0.3 is 0 Å². The number of pyridine rings is 2. The lowest BCUT2D eigenvalue weighted by Crippen LogP contribution is -2.47. The predicted octanol–water partition coefficient (Wildman–Crippen LogP) is 2.55. The second-order valence-corrected chi connectivity index (χ2v) is 7.86. The van der Waals surface area contributed by atoms with Crippen molar-refractivity contribution < 1.29 is 14.3 Å². The van der Waals surface area contributed by atoms with Crippen LogP contribution >= 0.6 is 11.6 Å². The summed E-state index contributed by atoms with van der Waals surface area (Å²) in [4.78, 5) is 38.1. The van der Waals surface area contributed by atoms with E-state index < -0.39 is 22.8 Å². The Kier molecular flexibility index (Phi) is 5.69. The SMILES string of the molecule is COc1ccc(C2(C(N)=O)C=CC(C(N)=O)(c3ccc(Cl)c(-c4ccccn4)c3)C=N2)cn1. The topological polar surface area (TPSA) is 134 Å². The van der Waals surface area contributed by atoms with Gasteiger partial charge in [-0.15, -0.1) is 0 Å². The van der Waals surface area contributed by atoms with Crippen LogP contribution in [0.25, 0.3) is 11.3 Å². The Morgan fingerprint density at radius 1 is 0.970 bits per heavy atom. The van der Waals surface area contributed by atoms with Crippen molar-refractivity contribution >= 4 is 29.6 Å². The maximum Gasteiger partial charge on any atom is 0.254 e. The van der Waals surface area contributed by atoms with E-state index in [4.69, 9.17) is 27.8 Å². The van der Waals surface area contributed by atoms with Crippen LogP contribution in [0.15, 0.2) is 78.1 Å². The number of hydrogen-bond acceptors (Lipinski definition) is 6. The van der Waals surface area contributed by atoms with Crippen molar-refractivity contribution in [2.75, 3.05) is 7.11 Å². The van der Waals surface area contributed by atoms with Gasteiger partial charge in [-0.05, 0) is 42.0 Å². The summed E-state index contributed by atoms with van der Waals surface area (Å²) in [5.74, 6) is -1.04. The van der Waals surface area contributed by atoms with Gasteiger partial charge in [0, 0.05) is 40.8 Å². The molecule has 1 aromatic carbocycles. The molecular formula is C24H20ClN5O3. The van der Waals surface area contributed by atoms with E-state index in [1.54, 1.807) is 42.6 Å². The first-order valence-corrected chi connectivity index (χ1v) is 10.3. The lowest BCUT2D eigenvalue weighted by atomic mass is 9.75. The molecule has 2 unspecified atom stereocenters. The molecule has 3 heterocycles. The molecule has 0 fully saturated rings. The van der Waals surface area contributed by atoms with E-state index in [2.05, 4.69) is 15.0 Å². The molecule has 2 atom stereocenters. The third kappa shape index (κ3) is 3.74. The van der Waals surface area contributed by atoms with Gasteiger partial charge in [-0.2, -0.15) is 0 Å². The number of aliphatic imine (C=N–C) groups is 1. The number of ether oxygens (including phenoxy) is 1. The maximum atomic E-state index is 12.7. The molecule has 2 amide bonds. The number of rotatable bonds is 6. The van der Waals surface area contributed by atoms with Crippen molar-refractivity contribution in [1.82, 2.24) is 9.97 Å². The standard InChI is InChI=1S/C24H20ClN5O3/c1-33-20-8-6-16(13-29-20)24(22(27)32)10-9-23(14-30-24,21(26)31)15-5-7-18(25)17(12-15)19-4-2-3-11-28-19/h2-14H,1H3,(H2,26,31)(H2,27,32). The summed E-state index contributed by atoms with van der Waals surface area (Å²) in [6, 6.07) is 13.7. The summed E-state index contributed by atoms with van der Waals surface area (Å²) in [6.07, 6.45) is 7.44. The minimum Gasteiger partial charge on any atom is -0.481 e. The van der Waals surface area contributed by atoms with E-state index in [0.717, 1.165) is 0 Å². The fraction of sp³-hybridized carbons (Fsp3) is 0.125. The molecule has 0 spiro atoms. The fourth-order valence-corrected chi connectivity index (χ4v) is 3.90. The Bertz CT molecular complexity index is 1260. The van der Waals surface area contributed by atoms with Crippen molar-refractivity contribution in [2.45, 2.75) is 11.0 Å². The van der Waals surface area contributed by atoms with E-state index in [1.807, 2.05) is 12.1 Å².